The number of benzene rings is 3. The summed E-state index contributed by atoms with van der Waals surface area (Å²) in [5.41, 5.74) is 4.03. The normalized spacial score (nSPS) is 11.0. The number of hydrogen-bond acceptors (Lipinski definition) is 7. The molecule has 5 rings (SSSR count). The van der Waals surface area contributed by atoms with Gasteiger partial charge in [-0.1, -0.05) is 47.6 Å². The van der Waals surface area contributed by atoms with Crippen molar-refractivity contribution in [2.24, 2.45) is 0 Å². The van der Waals surface area contributed by atoms with Crippen molar-refractivity contribution in [1.29, 1.82) is 0 Å². The Balaban J connectivity index is 1.26. The highest BCUT2D eigenvalue weighted by atomic mass is 16.7. The molecule has 0 bridgehead atoms. The minimum atomic E-state index is -0.538. The van der Waals surface area contributed by atoms with Gasteiger partial charge >= 0.3 is 5.97 Å². The predicted octanol–water partition coefficient (Wildman–Crippen LogP) is 5.20. The van der Waals surface area contributed by atoms with Crippen LogP contribution in [0.3, 0.4) is 0 Å². The van der Waals surface area contributed by atoms with Crippen LogP contribution in [0.2, 0.25) is 0 Å². The van der Waals surface area contributed by atoms with Crippen molar-refractivity contribution in [3.63, 3.8) is 0 Å². The van der Waals surface area contributed by atoms with Crippen LogP contribution in [0.5, 0.6) is 5.75 Å². The van der Waals surface area contributed by atoms with Crippen molar-refractivity contribution in [2.45, 2.75) is 19.8 Å². The molecule has 0 aliphatic rings. The molecule has 8 nitrogen and oxygen atoms in total. The third-order valence-corrected chi connectivity index (χ3v) is 5.32. The van der Waals surface area contributed by atoms with Gasteiger partial charge in [-0.2, -0.15) is 0 Å². The summed E-state index contributed by atoms with van der Waals surface area (Å²) in [5, 5.41) is 12.0. The maximum Gasteiger partial charge on any atom is 0.365 e. The maximum absolute atomic E-state index is 12.5. The Kier molecular flexibility index (Phi) is 6.03. The average Bonchev–Trinajstić information content (AvgIpc) is 3.53. The smallest absolute Gasteiger partial charge is 0.365 e. The van der Waals surface area contributed by atoms with E-state index in [0.29, 0.717) is 34.7 Å². The number of aromatic nitrogens is 4. The van der Waals surface area contributed by atoms with E-state index in [0.717, 1.165) is 34.6 Å². The van der Waals surface area contributed by atoms with E-state index in [1.807, 2.05) is 42.5 Å². The summed E-state index contributed by atoms with van der Waals surface area (Å²) >= 11 is 0. The van der Waals surface area contributed by atoms with Crippen LogP contribution in [0.25, 0.3) is 33.6 Å². The standard InChI is InChI=1S/C26H22N4O4/c1-2-3-16-32-21-14-12-19(13-15-21)25-17-23(28-33-25)18-8-10-20(11-9-18)26(31)34-30-24-7-5-4-6-22(24)27-29-30/h4-15,17H,2-3,16H2,1H3. The van der Waals surface area contributed by atoms with Crippen LogP contribution in [0.1, 0.15) is 30.1 Å². The van der Waals surface area contributed by atoms with E-state index >= 15 is 0 Å². The van der Waals surface area contributed by atoms with Crippen LogP contribution >= 0.6 is 0 Å². The molecule has 0 aliphatic heterocycles. The summed E-state index contributed by atoms with van der Waals surface area (Å²) in [6.07, 6.45) is 2.13. The van der Waals surface area contributed by atoms with Crippen LogP contribution in [0.15, 0.2) is 83.4 Å². The first-order valence-corrected chi connectivity index (χ1v) is 11.0. The summed E-state index contributed by atoms with van der Waals surface area (Å²) in [7, 11) is 0. The molecule has 0 unspecified atom stereocenters. The number of rotatable bonds is 8. The number of unbranched alkanes of at least 4 members (excludes halogenated alkanes) is 1. The Morgan fingerprint density at radius 2 is 1.74 bits per heavy atom. The van der Waals surface area contributed by atoms with Crippen molar-refractivity contribution >= 4 is 17.0 Å². The Bertz CT molecular complexity index is 1410. The van der Waals surface area contributed by atoms with E-state index in [2.05, 4.69) is 22.4 Å². The zero-order valence-corrected chi connectivity index (χ0v) is 18.5. The minimum Gasteiger partial charge on any atom is -0.494 e. The molecule has 0 aliphatic carbocycles. The molecular formula is C26H22N4O4. The van der Waals surface area contributed by atoms with Gasteiger partial charge in [-0.3, -0.25) is 0 Å². The fourth-order valence-corrected chi connectivity index (χ4v) is 3.42. The SMILES string of the molecule is CCCCOc1ccc(-c2cc(-c3ccc(C(=O)On4nnc5ccccc54)cc3)no2)cc1. The van der Waals surface area contributed by atoms with Gasteiger partial charge in [-0.05, 0) is 60.2 Å². The second-order valence-electron chi connectivity index (χ2n) is 7.71. The summed E-state index contributed by atoms with van der Waals surface area (Å²) in [5.74, 6) is 0.944. The second-order valence-corrected chi connectivity index (χ2v) is 7.71. The van der Waals surface area contributed by atoms with Crippen LogP contribution < -0.4 is 9.57 Å². The third kappa shape index (κ3) is 4.52. The van der Waals surface area contributed by atoms with Gasteiger partial charge in [0.05, 0.1) is 12.2 Å². The molecular weight excluding hydrogens is 432 g/mol. The molecule has 2 heterocycles. The third-order valence-electron chi connectivity index (χ3n) is 5.32. The number of ether oxygens (including phenoxy) is 1. The van der Waals surface area contributed by atoms with Gasteiger partial charge < -0.3 is 14.1 Å². The quantitative estimate of drug-likeness (QED) is 0.235. The largest absolute Gasteiger partial charge is 0.494 e. The summed E-state index contributed by atoms with van der Waals surface area (Å²) < 4.78 is 11.2. The highest BCUT2D eigenvalue weighted by Gasteiger charge is 2.14. The van der Waals surface area contributed by atoms with Crippen molar-refractivity contribution in [2.75, 3.05) is 6.61 Å². The summed E-state index contributed by atoms with van der Waals surface area (Å²) in [6.45, 7) is 2.84. The van der Waals surface area contributed by atoms with Gasteiger partial charge in [-0.25, -0.2) is 4.79 Å². The Morgan fingerprint density at radius 1 is 0.971 bits per heavy atom. The zero-order chi connectivity index (χ0) is 23.3. The van der Waals surface area contributed by atoms with Gasteiger partial charge in [0.25, 0.3) is 0 Å². The predicted molar refractivity (Wildman–Crippen MR) is 126 cm³/mol. The van der Waals surface area contributed by atoms with E-state index in [9.17, 15) is 4.79 Å². The van der Waals surface area contributed by atoms with Crippen molar-refractivity contribution in [3.05, 3.63) is 84.4 Å². The molecule has 5 aromatic rings. The van der Waals surface area contributed by atoms with Crippen LogP contribution in [0.4, 0.5) is 0 Å². The molecule has 0 amide bonds. The summed E-state index contributed by atoms with van der Waals surface area (Å²) in [6, 6.07) is 23.8. The molecule has 0 fully saturated rings. The first-order chi connectivity index (χ1) is 16.7. The lowest BCUT2D eigenvalue weighted by atomic mass is 10.1. The number of nitrogens with zero attached hydrogens (tertiary/aromatic N) is 4. The van der Waals surface area contributed by atoms with Gasteiger partial charge in [0.2, 0.25) is 0 Å². The summed E-state index contributed by atoms with van der Waals surface area (Å²) in [4.78, 5) is 19.0. The topological polar surface area (TPSA) is 92.3 Å². The lowest BCUT2D eigenvalue weighted by Gasteiger charge is -2.05. The maximum atomic E-state index is 12.5. The van der Waals surface area contributed by atoms with Crippen LogP contribution in [0, 0.1) is 0 Å². The van der Waals surface area contributed by atoms with Gasteiger partial charge in [0.15, 0.2) is 5.76 Å². The van der Waals surface area contributed by atoms with Gasteiger partial charge in [-0.15, -0.1) is 5.10 Å². The molecule has 0 atom stereocenters. The first kappa shape index (κ1) is 21.4. The van der Waals surface area contributed by atoms with Crippen molar-refractivity contribution < 1.29 is 18.9 Å². The fraction of sp³-hybridized carbons (Fsp3) is 0.154. The number of carbonyl (C=O) groups excluding carboxylic acids is 1. The van der Waals surface area contributed by atoms with Crippen molar-refractivity contribution in [3.8, 4) is 28.3 Å². The Labute approximate surface area is 195 Å². The van der Waals surface area contributed by atoms with E-state index in [1.165, 1.54) is 0 Å². The van der Waals surface area contributed by atoms with Crippen molar-refractivity contribution in [1.82, 2.24) is 20.3 Å². The molecule has 34 heavy (non-hydrogen) atoms. The minimum absolute atomic E-state index is 0.380. The molecule has 170 valence electrons. The second kappa shape index (κ2) is 9.58. The van der Waals surface area contributed by atoms with Crippen LogP contribution in [-0.4, -0.2) is 32.9 Å². The molecule has 2 aromatic heterocycles. The van der Waals surface area contributed by atoms with Crippen LogP contribution in [-0.2, 0) is 0 Å². The molecule has 3 aromatic carbocycles. The van der Waals surface area contributed by atoms with E-state index in [-0.39, 0.29) is 0 Å². The Morgan fingerprint density at radius 3 is 2.53 bits per heavy atom. The Hall–Kier alpha value is -4.46. The lowest BCUT2D eigenvalue weighted by Crippen LogP contribution is -2.20. The van der Waals surface area contributed by atoms with E-state index in [4.69, 9.17) is 14.1 Å². The first-order valence-electron chi connectivity index (χ1n) is 11.0. The highest BCUT2D eigenvalue weighted by molar-refractivity contribution is 5.90. The fourth-order valence-electron chi connectivity index (χ4n) is 3.42. The van der Waals surface area contributed by atoms with E-state index in [1.54, 1.807) is 36.4 Å². The zero-order valence-electron chi connectivity index (χ0n) is 18.5. The molecule has 0 saturated heterocycles. The van der Waals surface area contributed by atoms with E-state index < -0.39 is 5.97 Å². The van der Waals surface area contributed by atoms with Gasteiger partial charge in [0, 0.05) is 17.2 Å². The molecule has 8 heteroatoms. The average molecular weight is 454 g/mol. The van der Waals surface area contributed by atoms with Gasteiger partial charge in [0.1, 0.15) is 22.5 Å². The lowest BCUT2D eigenvalue weighted by molar-refractivity contribution is 0.0409. The molecule has 0 saturated carbocycles. The number of carbonyl (C=O) groups is 1. The highest BCUT2D eigenvalue weighted by Crippen LogP contribution is 2.27. The molecule has 0 spiro atoms. The number of hydrogen-bond donors (Lipinski definition) is 0. The monoisotopic (exact) mass is 454 g/mol. The molecule has 0 N–H and O–H groups in total. The number of para-hydroxylation sites is 1. The molecule has 0 radical (unpaired) electrons. The number of fused-ring (bicyclic) bond motifs is 1.